The fraction of sp³-hybridized carbons (Fsp3) is 0.381. The Morgan fingerprint density at radius 2 is 2.00 bits per heavy atom. The van der Waals surface area contributed by atoms with E-state index in [0.717, 1.165) is 30.7 Å². The van der Waals surface area contributed by atoms with Gasteiger partial charge < -0.3 is 10.2 Å². The molecule has 1 saturated carbocycles. The Morgan fingerprint density at radius 1 is 1.27 bits per heavy atom. The lowest BCUT2D eigenvalue weighted by Gasteiger charge is -2.31. The summed E-state index contributed by atoms with van der Waals surface area (Å²) in [6, 6.07) is 11.6. The number of amides is 1. The number of rotatable bonds is 8. The molecule has 2 aromatic heterocycles. The molecule has 1 amide bonds. The Bertz CT molecular complexity index is 1070. The Morgan fingerprint density at radius 3 is 2.63 bits per heavy atom. The summed E-state index contributed by atoms with van der Waals surface area (Å²) in [7, 11) is 0. The molecule has 0 spiro atoms. The van der Waals surface area contributed by atoms with Crippen molar-refractivity contribution >= 4 is 29.7 Å². The van der Waals surface area contributed by atoms with E-state index in [1.165, 1.54) is 5.56 Å². The molecule has 1 fully saturated rings. The predicted molar refractivity (Wildman–Crippen MR) is 117 cm³/mol. The van der Waals surface area contributed by atoms with Crippen molar-refractivity contribution in [1.82, 2.24) is 19.7 Å². The summed E-state index contributed by atoms with van der Waals surface area (Å²) in [6.07, 6.45) is 6.15. The van der Waals surface area contributed by atoms with Crippen LogP contribution in [0.1, 0.15) is 37.7 Å². The third kappa shape index (κ3) is 4.21. The van der Waals surface area contributed by atoms with Crippen LogP contribution in [0.5, 0.6) is 0 Å². The number of carbonyl (C=O) groups is 1. The van der Waals surface area contributed by atoms with E-state index < -0.39 is 0 Å². The molecule has 0 saturated heterocycles. The molecular formula is C21H24ClN5O2S. The van der Waals surface area contributed by atoms with E-state index in [2.05, 4.69) is 22.5 Å². The molecule has 0 atom stereocenters. The Labute approximate surface area is 184 Å². The van der Waals surface area contributed by atoms with Gasteiger partial charge in [0, 0.05) is 23.5 Å². The van der Waals surface area contributed by atoms with E-state index in [0.29, 0.717) is 29.6 Å². The first-order valence-corrected chi connectivity index (χ1v) is 10.8. The number of nitrogens with zero attached hydrogens (tertiary/aromatic N) is 3. The van der Waals surface area contributed by atoms with E-state index in [1.807, 2.05) is 18.2 Å². The number of hydrogen-bond donors (Lipinski definition) is 2. The molecule has 0 radical (unpaired) electrons. The van der Waals surface area contributed by atoms with Crippen molar-refractivity contribution in [3.8, 4) is 11.6 Å². The lowest BCUT2D eigenvalue weighted by Crippen LogP contribution is -2.41. The van der Waals surface area contributed by atoms with Crippen LogP contribution in [0, 0.1) is 4.77 Å². The fourth-order valence-electron chi connectivity index (χ4n) is 4.10. The maximum absolute atomic E-state index is 11.3. The Kier molecular flexibility index (Phi) is 6.08. The quantitative estimate of drug-likeness (QED) is 0.506. The van der Waals surface area contributed by atoms with Crippen LogP contribution < -0.4 is 11.1 Å². The number of nitrogens with two attached hydrogens (primary N) is 1. The summed E-state index contributed by atoms with van der Waals surface area (Å²) >= 11 is 11.7. The highest BCUT2D eigenvalue weighted by atomic mass is 35.5. The van der Waals surface area contributed by atoms with Crippen molar-refractivity contribution in [3.63, 3.8) is 0 Å². The molecule has 1 aliphatic rings. The largest absolute Gasteiger partial charge is 0.461 e. The van der Waals surface area contributed by atoms with E-state index in [1.54, 1.807) is 21.6 Å². The lowest BCUT2D eigenvalue weighted by molar-refractivity contribution is -0.118. The van der Waals surface area contributed by atoms with Crippen molar-refractivity contribution in [1.29, 1.82) is 0 Å². The number of nitrogens with one attached hydrogen (secondary N) is 1. The molecule has 0 bridgehead atoms. The lowest BCUT2D eigenvalue weighted by atomic mass is 9.88. The van der Waals surface area contributed by atoms with Crippen LogP contribution in [0.4, 0.5) is 0 Å². The molecule has 1 aliphatic carbocycles. The minimum Gasteiger partial charge on any atom is -0.461 e. The van der Waals surface area contributed by atoms with Crippen molar-refractivity contribution in [2.24, 2.45) is 5.73 Å². The molecule has 1 aromatic carbocycles. The van der Waals surface area contributed by atoms with Crippen molar-refractivity contribution in [2.45, 2.75) is 50.9 Å². The van der Waals surface area contributed by atoms with Gasteiger partial charge in [-0.25, -0.2) is 4.68 Å². The second kappa shape index (κ2) is 8.75. The molecule has 3 aromatic rings. The topological polar surface area (TPSA) is 91.0 Å². The second-order valence-electron chi connectivity index (χ2n) is 7.58. The van der Waals surface area contributed by atoms with Crippen LogP contribution in [0.25, 0.3) is 11.6 Å². The molecule has 7 nitrogen and oxygen atoms in total. The molecule has 30 heavy (non-hydrogen) atoms. The molecular weight excluding hydrogens is 422 g/mol. The average Bonchev–Trinajstić information content (AvgIpc) is 3.47. The van der Waals surface area contributed by atoms with Gasteiger partial charge in [0.15, 0.2) is 16.4 Å². The van der Waals surface area contributed by atoms with Gasteiger partial charge in [-0.05, 0) is 54.9 Å². The SMILES string of the molecule is NC(=O)CCn1c(-c2ccco2)nn(CNC2(c3ccc(Cl)cc3)CCCC2)c1=S. The van der Waals surface area contributed by atoms with Gasteiger partial charge >= 0.3 is 0 Å². The highest BCUT2D eigenvalue weighted by Gasteiger charge is 2.35. The summed E-state index contributed by atoms with van der Waals surface area (Å²) in [5, 5.41) is 9.10. The maximum atomic E-state index is 11.3. The van der Waals surface area contributed by atoms with Gasteiger partial charge in [-0.3, -0.25) is 14.7 Å². The zero-order chi connectivity index (χ0) is 21.1. The first kappa shape index (κ1) is 20.8. The van der Waals surface area contributed by atoms with Crippen LogP contribution in [0.3, 0.4) is 0 Å². The summed E-state index contributed by atoms with van der Waals surface area (Å²) in [6.45, 7) is 0.797. The van der Waals surface area contributed by atoms with Gasteiger partial charge in [0.2, 0.25) is 5.91 Å². The maximum Gasteiger partial charge on any atom is 0.219 e. The third-order valence-corrected chi connectivity index (χ3v) is 6.35. The molecule has 4 rings (SSSR count). The molecule has 9 heteroatoms. The van der Waals surface area contributed by atoms with E-state index in [-0.39, 0.29) is 17.9 Å². The summed E-state index contributed by atoms with van der Waals surface area (Å²) in [4.78, 5) is 11.3. The van der Waals surface area contributed by atoms with Gasteiger partial charge in [-0.1, -0.05) is 36.6 Å². The van der Waals surface area contributed by atoms with E-state index in [9.17, 15) is 4.79 Å². The van der Waals surface area contributed by atoms with Gasteiger partial charge in [0.25, 0.3) is 0 Å². The van der Waals surface area contributed by atoms with Gasteiger partial charge in [0.1, 0.15) is 0 Å². The number of aromatic nitrogens is 3. The second-order valence-corrected chi connectivity index (χ2v) is 8.38. The number of carbonyl (C=O) groups excluding carboxylic acids is 1. The molecule has 0 unspecified atom stereocenters. The average molecular weight is 446 g/mol. The van der Waals surface area contributed by atoms with E-state index in [4.69, 9.17) is 34.0 Å². The molecule has 3 N–H and O–H groups in total. The zero-order valence-electron chi connectivity index (χ0n) is 16.5. The molecule has 158 valence electrons. The number of primary amides is 1. The monoisotopic (exact) mass is 445 g/mol. The Balaban J connectivity index is 1.62. The summed E-state index contributed by atoms with van der Waals surface area (Å²) < 4.78 is 9.57. The minimum absolute atomic E-state index is 0.138. The summed E-state index contributed by atoms with van der Waals surface area (Å²) in [5.74, 6) is 0.790. The smallest absolute Gasteiger partial charge is 0.219 e. The van der Waals surface area contributed by atoms with Gasteiger partial charge in [0.05, 0.1) is 12.9 Å². The van der Waals surface area contributed by atoms with Gasteiger partial charge in [-0.2, -0.15) is 0 Å². The number of furan rings is 1. The van der Waals surface area contributed by atoms with Crippen molar-refractivity contribution < 1.29 is 9.21 Å². The molecule has 2 heterocycles. The van der Waals surface area contributed by atoms with Crippen LogP contribution in [0.15, 0.2) is 47.1 Å². The minimum atomic E-state index is -0.388. The van der Waals surface area contributed by atoms with Crippen molar-refractivity contribution in [2.75, 3.05) is 0 Å². The highest BCUT2D eigenvalue weighted by molar-refractivity contribution is 7.71. The number of benzene rings is 1. The first-order chi connectivity index (χ1) is 14.5. The van der Waals surface area contributed by atoms with Crippen LogP contribution in [-0.2, 0) is 23.5 Å². The van der Waals surface area contributed by atoms with Crippen LogP contribution >= 0.6 is 23.8 Å². The highest BCUT2D eigenvalue weighted by Crippen LogP contribution is 2.39. The van der Waals surface area contributed by atoms with Crippen molar-refractivity contribution in [3.05, 3.63) is 58.0 Å². The fourth-order valence-corrected chi connectivity index (χ4v) is 4.51. The van der Waals surface area contributed by atoms with Crippen LogP contribution in [-0.4, -0.2) is 20.3 Å². The first-order valence-electron chi connectivity index (χ1n) is 9.99. The standard InChI is InChI=1S/C21H24ClN5O2S/c22-16-7-5-15(6-8-16)21(10-1-2-11-21)24-14-27-20(30)26(12-9-18(23)28)19(25-27)17-4-3-13-29-17/h3-8,13,24H,1-2,9-12,14H2,(H2,23,28). The molecule has 0 aliphatic heterocycles. The number of halogens is 1. The predicted octanol–water partition coefficient (Wildman–Crippen LogP) is 4.22. The number of hydrogen-bond acceptors (Lipinski definition) is 5. The van der Waals surface area contributed by atoms with E-state index >= 15 is 0 Å². The Hall–Kier alpha value is -2.42. The van der Waals surface area contributed by atoms with Gasteiger partial charge in [-0.15, -0.1) is 5.10 Å². The normalized spacial score (nSPS) is 15.5. The third-order valence-electron chi connectivity index (χ3n) is 5.67. The zero-order valence-corrected chi connectivity index (χ0v) is 18.1. The van der Waals surface area contributed by atoms with Crippen LogP contribution in [0.2, 0.25) is 5.02 Å². The summed E-state index contributed by atoms with van der Waals surface area (Å²) in [5.41, 5.74) is 6.42.